The van der Waals surface area contributed by atoms with E-state index in [-0.39, 0.29) is 11.8 Å². The van der Waals surface area contributed by atoms with Gasteiger partial charge in [0, 0.05) is 17.3 Å². The molecule has 1 aromatic rings. The molecule has 0 aliphatic heterocycles. The second-order valence-electron chi connectivity index (χ2n) is 5.37. The van der Waals surface area contributed by atoms with Crippen molar-refractivity contribution in [3.05, 3.63) is 29.8 Å². The zero-order chi connectivity index (χ0) is 15.2. The lowest BCUT2D eigenvalue weighted by Crippen LogP contribution is -2.36. The molecule has 0 bridgehead atoms. The standard InChI is InChI=1S/C16H23F2NOS/c1-3-21-15-9-5-8-14(15)19-11(2)12-6-4-7-13(10-12)20-16(17)18/h4,6-7,10-11,14-16,19H,3,5,8-9H2,1-2H3. The smallest absolute Gasteiger partial charge is 0.387 e. The van der Waals surface area contributed by atoms with Gasteiger partial charge in [0.25, 0.3) is 0 Å². The summed E-state index contributed by atoms with van der Waals surface area (Å²) < 4.78 is 29.0. The zero-order valence-corrected chi connectivity index (χ0v) is 13.3. The van der Waals surface area contributed by atoms with E-state index in [0.717, 1.165) is 11.3 Å². The van der Waals surface area contributed by atoms with Gasteiger partial charge in [0.05, 0.1) is 0 Å². The van der Waals surface area contributed by atoms with E-state index >= 15 is 0 Å². The van der Waals surface area contributed by atoms with Gasteiger partial charge in [-0.05, 0) is 43.2 Å². The van der Waals surface area contributed by atoms with Crippen molar-refractivity contribution in [2.24, 2.45) is 0 Å². The number of rotatable bonds is 7. The van der Waals surface area contributed by atoms with E-state index in [4.69, 9.17) is 0 Å². The molecule has 0 saturated heterocycles. The SMILES string of the molecule is CCSC1CCCC1NC(C)c1cccc(OC(F)F)c1. The number of thioether (sulfide) groups is 1. The molecule has 21 heavy (non-hydrogen) atoms. The lowest BCUT2D eigenvalue weighted by atomic mass is 10.1. The van der Waals surface area contributed by atoms with Crippen LogP contribution >= 0.6 is 11.8 Å². The molecular weight excluding hydrogens is 292 g/mol. The van der Waals surface area contributed by atoms with Gasteiger partial charge in [-0.25, -0.2) is 0 Å². The van der Waals surface area contributed by atoms with Crippen LogP contribution in [0.2, 0.25) is 0 Å². The van der Waals surface area contributed by atoms with Gasteiger partial charge in [0.2, 0.25) is 0 Å². The van der Waals surface area contributed by atoms with Gasteiger partial charge in [0.15, 0.2) is 0 Å². The Morgan fingerprint density at radius 1 is 1.38 bits per heavy atom. The molecule has 0 heterocycles. The van der Waals surface area contributed by atoms with Gasteiger partial charge >= 0.3 is 6.61 Å². The largest absolute Gasteiger partial charge is 0.435 e. The first-order valence-electron chi connectivity index (χ1n) is 7.52. The lowest BCUT2D eigenvalue weighted by molar-refractivity contribution is -0.0499. The molecule has 5 heteroatoms. The summed E-state index contributed by atoms with van der Waals surface area (Å²) in [5.41, 5.74) is 0.986. The van der Waals surface area contributed by atoms with Gasteiger partial charge in [-0.2, -0.15) is 20.5 Å². The maximum absolute atomic E-state index is 12.3. The van der Waals surface area contributed by atoms with Crippen LogP contribution in [0, 0.1) is 0 Å². The maximum Gasteiger partial charge on any atom is 0.387 e. The number of nitrogens with one attached hydrogen (secondary N) is 1. The minimum atomic E-state index is -2.77. The molecule has 1 fully saturated rings. The van der Waals surface area contributed by atoms with Crippen molar-refractivity contribution in [3.8, 4) is 5.75 Å². The van der Waals surface area contributed by atoms with E-state index in [2.05, 4.69) is 23.9 Å². The zero-order valence-electron chi connectivity index (χ0n) is 12.5. The fourth-order valence-electron chi connectivity index (χ4n) is 2.91. The third kappa shape index (κ3) is 4.85. The van der Waals surface area contributed by atoms with Crippen LogP contribution in [0.3, 0.4) is 0 Å². The predicted octanol–water partition coefficient (Wildman–Crippen LogP) is 4.61. The second-order valence-corrected chi connectivity index (χ2v) is 6.89. The molecule has 1 saturated carbocycles. The van der Waals surface area contributed by atoms with Crippen molar-refractivity contribution in [2.45, 2.75) is 57.1 Å². The van der Waals surface area contributed by atoms with Gasteiger partial charge in [0.1, 0.15) is 5.75 Å². The molecule has 1 N–H and O–H groups in total. The van der Waals surface area contributed by atoms with Gasteiger partial charge in [-0.3, -0.25) is 0 Å². The number of halogens is 2. The summed E-state index contributed by atoms with van der Waals surface area (Å²) in [5.74, 6) is 1.36. The molecule has 118 valence electrons. The number of hydrogen-bond donors (Lipinski definition) is 1. The van der Waals surface area contributed by atoms with Gasteiger partial charge in [-0.1, -0.05) is 25.5 Å². The van der Waals surface area contributed by atoms with E-state index < -0.39 is 6.61 Å². The third-order valence-electron chi connectivity index (χ3n) is 3.88. The predicted molar refractivity (Wildman–Crippen MR) is 84.2 cm³/mol. The first-order chi connectivity index (χ1) is 10.1. The molecule has 3 atom stereocenters. The molecule has 0 amide bonds. The van der Waals surface area contributed by atoms with Crippen LogP contribution in [0.5, 0.6) is 5.75 Å². The highest BCUT2D eigenvalue weighted by Crippen LogP contribution is 2.32. The topological polar surface area (TPSA) is 21.3 Å². The van der Waals surface area contributed by atoms with Crippen molar-refractivity contribution >= 4 is 11.8 Å². The Morgan fingerprint density at radius 2 is 2.19 bits per heavy atom. The highest BCUT2D eigenvalue weighted by molar-refractivity contribution is 7.99. The normalized spacial score (nSPS) is 23.5. The number of ether oxygens (including phenoxy) is 1. The van der Waals surface area contributed by atoms with Crippen LogP contribution in [0.25, 0.3) is 0 Å². The molecule has 0 spiro atoms. The Balaban J connectivity index is 1.97. The van der Waals surface area contributed by atoms with Crippen molar-refractivity contribution in [3.63, 3.8) is 0 Å². The Bertz CT molecular complexity index is 444. The fraction of sp³-hybridized carbons (Fsp3) is 0.625. The van der Waals surface area contributed by atoms with E-state index in [1.54, 1.807) is 18.2 Å². The number of alkyl halides is 2. The van der Waals surface area contributed by atoms with Crippen LogP contribution in [0.4, 0.5) is 8.78 Å². The molecule has 0 radical (unpaired) electrons. The van der Waals surface area contributed by atoms with Crippen LogP contribution in [0.15, 0.2) is 24.3 Å². The minimum Gasteiger partial charge on any atom is -0.435 e. The lowest BCUT2D eigenvalue weighted by Gasteiger charge is -2.25. The molecular formula is C16H23F2NOS. The molecule has 1 aliphatic rings. The third-order valence-corrected chi connectivity index (χ3v) is 5.21. The first-order valence-corrected chi connectivity index (χ1v) is 8.57. The van der Waals surface area contributed by atoms with E-state index in [0.29, 0.717) is 11.3 Å². The summed E-state index contributed by atoms with van der Waals surface area (Å²) in [6.45, 7) is 1.49. The Kier molecular flexibility index (Phi) is 6.30. The summed E-state index contributed by atoms with van der Waals surface area (Å²) in [7, 11) is 0. The molecule has 1 aromatic carbocycles. The highest BCUT2D eigenvalue weighted by atomic mass is 32.2. The highest BCUT2D eigenvalue weighted by Gasteiger charge is 2.28. The van der Waals surface area contributed by atoms with E-state index in [1.165, 1.54) is 19.3 Å². The van der Waals surface area contributed by atoms with Crippen LogP contribution in [-0.4, -0.2) is 23.7 Å². The summed E-state index contributed by atoms with van der Waals surface area (Å²) in [6.07, 6.45) is 3.71. The Hall–Kier alpha value is -0.810. The Morgan fingerprint density at radius 3 is 2.90 bits per heavy atom. The van der Waals surface area contributed by atoms with Crippen LogP contribution in [-0.2, 0) is 0 Å². The fourth-order valence-corrected chi connectivity index (χ4v) is 4.12. The van der Waals surface area contributed by atoms with Crippen molar-refractivity contribution in [1.29, 1.82) is 0 Å². The van der Waals surface area contributed by atoms with E-state index in [9.17, 15) is 8.78 Å². The maximum atomic E-state index is 12.3. The van der Waals surface area contributed by atoms with Crippen molar-refractivity contribution < 1.29 is 13.5 Å². The van der Waals surface area contributed by atoms with Gasteiger partial charge in [-0.15, -0.1) is 0 Å². The average molecular weight is 315 g/mol. The summed E-state index contributed by atoms with van der Waals surface area (Å²) in [5, 5.41) is 4.31. The molecule has 2 nitrogen and oxygen atoms in total. The summed E-state index contributed by atoms with van der Waals surface area (Å²) in [4.78, 5) is 0. The second kappa shape index (κ2) is 7.99. The number of benzene rings is 1. The quantitative estimate of drug-likeness (QED) is 0.794. The monoisotopic (exact) mass is 315 g/mol. The first kappa shape index (κ1) is 16.6. The molecule has 0 aromatic heterocycles. The van der Waals surface area contributed by atoms with Gasteiger partial charge < -0.3 is 10.1 Å². The average Bonchev–Trinajstić information content (AvgIpc) is 2.86. The number of hydrogen-bond acceptors (Lipinski definition) is 3. The van der Waals surface area contributed by atoms with Crippen LogP contribution in [0.1, 0.15) is 44.7 Å². The van der Waals surface area contributed by atoms with Crippen molar-refractivity contribution in [2.75, 3.05) is 5.75 Å². The van der Waals surface area contributed by atoms with Crippen molar-refractivity contribution in [1.82, 2.24) is 5.32 Å². The minimum absolute atomic E-state index is 0.134. The summed E-state index contributed by atoms with van der Waals surface area (Å²) >= 11 is 2.01. The molecule has 3 unspecified atom stereocenters. The molecule has 2 rings (SSSR count). The molecule has 1 aliphatic carbocycles. The summed E-state index contributed by atoms with van der Waals surface area (Å²) in [6, 6.07) is 7.61. The van der Waals surface area contributed by atoms with Crippen LogP contribution < -0.4 is 10.1 Å². The Labute approximate surface area is 129 Å². The van der Waals surface area contributed by atoms with E-state index in [1.807, 2.05) is 17.8 Å².